The molecule has 0 bridgehead atoms. The SMILES string of the molecule is CCCCCCC=CCCCCCCCCCC=CCCC=CCCCC(=O)O. The maximum atomic E-state index is 10.4. The van der Waals surface area contributed by atoms with Gasteiger partial charge in [0.2, 0.25) is 0 Å². The highest BCUT2D eigenvalue weighted by atomic mass is 16.4. The summed E-state index contributed by atoms with van der Waals surface area (Å²) in [6.45, 7) is 2.27. The molecule has 0 heterocycles. The second-order valence-corrected chi connectivity index (χ2v) is 8.18. The topological polar surface area (TPSA) is 37.3 Å². The molecular weight excluding hydrogens is 356 g/mol. The lowest BCUT2D eigenvalue weighted by atomic mass is 10.1. The number of hydrogen-bond acceptors (Lipinski definition) is 1. The number of unbranched alkanes of at least 4 members (excludes halogenated alkanes) is 14. The zero-order valence-electron chi connectivity index (χ0n) is 19.3. The van der Waals surface area contributed by atoms with Crippen LogP contribution in [-0.2, 0) is 4.79 Å². The van der Waals surface area contributed by atoms with E-state index in [1.165, 1.54) is 89.9 Å². The molecule has 1 N–H and O–H groups in total. The highest BCUT2D eigenvalue weighted by molar-refractivity contribution is 5.66. The Hall–Kier alpha value is -1.31. The summed E-state index contributed by atoms with van der Waals surface area (Å²) in [4.78, 5) is 10.4. The fourth-order valence-electron chi connectivity index (χ4n) is 3.37. The van der Waals surface area contributed by atoms with Crippen LogP contribution in [0, 0.1) is 0 Å². The van der Waals surface area contributed by atoms with Gasteiger partial charge in [0.25, 0.3) is 0 Å². The molecule has 0 aliphatic carbocycles. The van der Waals surface area contributed by atoms with E-state index >= 15 is 0 Å². The number of carbonyl (C=O) groups is 1. The molecule has 0 aromatic carbocycles. The van der Waals surface area contributed by atoms with Gasteiger partial charge in [-0.25, -0.2) is 0 Å². The van der Waals surface area contributed by atoms with Gasteiger partial charge in [0.05, 0.1) is 0 Å². The molecule has 0 amide bonds. The van der Waals surface area contributed by atoms with E-state index < -0.39 is 5.97 Å². The summed E-state index contributed by atoms with van der Waals surface area (Å²) < 4.78 is 0. The first kappa shape index (κ1) is 27.7. The summed E-state index contributed by atoms with van der Waals surface area (Å²) >= 11 is 0. The molecule has 29 heavy (non-hydrogen) atoms. The predicted octanol–water partition coefficient (Wildman–Crippen LogP) is 9.17. The third-order valence-corrected chi connectivity index (χ3v) is 5.23. The van der Waals surface area contributed by atoms with Crippen molar-refractivity contribution in [3.63, 3.8) is 0 Å². The predicted molar refractivity (Wildman–Crippen MR) is 128 cm³/mol. The van der Waals surface area contributed by atoms with Crippen LogP contribution in [0.1, 0.15) is 129 Å². The van der Waals surface area contributed by atoms with Gasteiger partial charge in [-0.1, -0.05) is 94.7 Å². The van der Waals surface area contributed by atoms with Gasteiger partial charge in [-0.3, -0.25) is 4.79 Å². The van der Waals surface area contributed by atoms with E-state index in [0.29, 0.717) is 0 Å². The normalized spacial score (nSPS) is 12.0. The van der Waals surface area contributed by atoms with Crippen LogP contribution in [0.15, 0.2) is 36.5 Å². The molecule has 0 aromatic heterocycles. The van der Waals surface area contributed by atoms with E-state index in [2.05, 4.69) is 43.4 Å². The molecule has 2 heteroatoms. The van der Waals surface area contributed by atoms with Crippen LogP contribution in [-0.4, -0.2) is 11.1 Å². The average molecular weight is 405 g/mol. The van der Waals surface area contributed by atoms with Crippen molar-refractivity contribution in [2.24, 2.45) is 0 Å². The van der Waals surface area contributed by atoms with Crippen molar-refractivity contribution in [2.45, 2.75) is 129 Å². The number of rotatable bonds is 22. The summed E-state index contributed by atoms with van der Waals surface area (Å²) in [6, 6.07) is 0. The highest BCUT2D eigenvalue weighted by Gasteiger charge is 1.93. The lowest BCUT2D eigenvalue weighted by molar-refractivity contribution is -0.137. The molecule has 0 saturated carbocycles. The van der Waals surface area contributed by atoms with Crippen molar-refractivity contribution in [3.05, 3.63) is 36.5 Å². The Morgan fingerprint density at radius 1 is 0.517 bits per heavy atom. The van der Waals surface area contributed by atoms with Crippen LogP contribution >= 0.6 is 0 Å². The third kappa shape index (κ3) is 26.7. The molecule has 0 atom stereocenters. The average Bonchev–Trinajstić information content (AvgIpc) is 2.71. The smallest absolute Gasteiger partial charge is 0.303 e. The molecule has 0 fully saturated rings. The first-order valence-corrected chi connectivity index (χ1v) is 12.4. The van der Waals surface area contributed by atoms with Gasteiger partial charge < -0.3 is 5.11 Å². The molecule has 0 spiro atoms. The molecule has 2 nitrogen and oxygen atoms in total. The quantitative estimate of drug-likeness (QED) is 0.144. The molecule has 168 valence electrons. The molecule has 0 unspecified atom stereocenters. The van der Waals surface area contributed by atoms with Crippen LogP contribution in [0.5, 0.6) is 0 Å². The fraction of sp³-hybridized carbons (Fsp3) is 0.741. The highest BCUT2D eigenvalue weighted by Crippen LogP contribution is 2.11. The zero-order chi connectivity index (χ0) is 21.3. The van der Waals surface area contributed by atoms with E-state index in [1.807, 2.05) is 0 Å². The minimum atomic E-state index is -0.697. The monoisotopic (exact) mass is 404 g/mol. The van der Waals surface area contributed by atoms with Crippen LogP contribution < -0.4 is 0 Å². The number of aliphatic carboxylic acids is 1. The van der Waals surface area contributed by atoms with Gasteiger partial charge in [0.15, 0.2) is 0 Å². The Morgan fingerprint density at radius 2 is 0.862 bits per heavy atom. The maximum Gasteiger partial charge on any atom is 0.303 e. The lowest BCUT2D eigenvalue weighted by Gasteiger charge is -2.00. The van der Waals surface area contributed by atoms with Crippen LogP contribution in [0.4, 0.5) is 0 Å². The van der Waals surface area contributed by atoms with Gasteiger partial charge in [-0.2, -0.15) is 0 Å². The van der Waals surface area contributed by atoms with Crippen LogP contribution in [0.25, 0.3) is 0 Å². The zero-order valence-corrected chi connectivity index (χ0v) is 19.3. The van der Waals surface area contributed by atoms with Crippen molar-refractivity contribution < 1.29 is 9.90 Å². The van der Waals surface area contributed by atoms with E-state index in [9.17, 15) is 4.79 Å². The van der Waals surface area contributed by atoms with E-state index in [-0.39, 0.29) is 6.42 Å². The van der Waals surface area contributed by atoms with Gasteiger partial charge in [-0.05, 0) is 64.2 Å². The molecule has 0 aliphatic heterocycles. The summed E-state index contributed by atoms with van der Waals surface area (Å²) in [6.07, 6.45) is 36.7. The Bertz CT molecular complexity index is 420. The Morgan fingerprint density at radius 3 is 1.28 bits per heavy atom. The van der Waals surface area contributed by atoms with Crippen molar-refractivity contribution in [2.75, 3.05) is 0 Å². The van der Waals surface area contributed by atoms with Crippen LogP contribution in [0.3, 0.4) is 0 Å². The van der Waals surface area contributed by atoms with Crippen molar-refractivity contribution in [1.82, 2.24) is 0 Å². The van der Waals surface area contributed by atoms with Gasteiger partial charge in [0.1, 0.15) is 0 Å². The maximum absolute atomic E-state index is 10.4. The van der Waals surface area contributed by atoms with E-state index in [4.69, 9.17) is 5.11 Å². The van der Waals surface area contributed by atoms with Crippen molar-refractivity contribution in [3.8, 4) is 0 Å². The summed E-state index contributed by atoms with van der Waals surface area (Å²) in [5.41, 5.74) is 0. The standard InChI is InChI=1S/C27H48O2/c1-2-3-4-5-6-7-8-9-10-11-12-13-14-15-16-17-18-19-20-21-22-23-24-25-26-27(28)29/h7-8,18-19,22-23H,2-6,9-17,20-21,24-26H2,1H3,(H,28,29). The molecule has 0 rings (SSSR count). The summed E-state index contributed by atoms with van der Waals surface area (Å²) in [5, 5.41) is 8.56. The number of hydrogen-bond donors (Lipinski definition) is 1. The third-order valence-electron chi connectivity index (χ3n) is 5.23. The van der Waals surface area contributed by atoms with E-state index in [1.54, 1.807) is 0 Å². The van der Waals surface area contributed by atoms with E-state index in [0.717, 1.165) is 25.7 Å². The van der Waals surface area contributed by atoms with Crippen LogP contribution in [0.2, 0.25) is 0 Å². The largest absolute Gasteiger partial charge is 0.481 e. The minimum Gasteiger partial charge on any atom is -0.481 e. The first-order chi connectivity index (χ1) is 14.3. The number of allylic oxidation sites excluding steroid dienone is 6. The van der Waals surface area contributed by atoms with Gasteiger partial charge >= 0.3 is 5.97 Å². The van der Waals surface area contributed by atoms with Crippen molar-refractivity contribution in [1.29, 1.82) is 0 Å². The lowest BCUT2D eigenvalue weighted by Crippen LogP contribution is -1.92. The second kappa shape index (κ2) is 24.7. The molecular formula is C27H48O2. The Balaban J connectivity index is 3.19. The second-order valence-electron chi connectivity index (χ2n) is 8.18. The Labute approximate surface area is 181 Å². The molecule has 0 aliphatic rings. The number of carboxylic acid groups (broad SMARTS) is 1. The fourth-order valence-corrected chi connectivity index (χ4v) is 3.37. The Kier molecular flexibility index (Phi) is 23.6. The van der Waals surface area contributed by atoms with Gasteiger partial charge in [-0.15, -0.1) is 0 Å². The molecule has 0 radical (unpaired) electrons. The first-order valence-electron chi connectivity index (χ1n) is 12.4. The van der Waals surface area contributed by atoms with Gasteiger partial charge in [0, 0.05) is 6.42 Å². The number of carboxylic acids is 1. The minimum absolute atomic E-state index is 0.279. The summed E-state index contributed by atoms with van der Waals surface area (Å²) in [5.74, 6) is -0.697. The summed E-state index contributed by atoms with van der Waals surface area (Å²) in [7, 11) is 0. The molecule has 0 saturated heterocycles. The molecule has 0 aromatic rings. The van der Waals surface area contributed by atoms with Crippen molar-refractivity contribution >= 4 is 5.97 Å².